The van der Waals surface area contributed by atoms with Crippen LogP contribution in [0.1, 0.15) is 5.56 Å². The Balaban J connectivity index is 2.95. The van der Waals surface area contributed by atoms with Crippen LogP contribution in [-0.4, -0.2) is 7.05 Å². The summed E-state index contributed by atoms with van der Waals surface area (Å²) in [5, 5.41) is 2.97. The minimum atomic E-state index is 1.15. The van der Waals surface area contributed by atoms with E-state index >= 15 is 0 Å². The molecule has 0 unspecified atom stereocenters. The van der Waals surface area contributed by atoms with Gasteiger partial charge in [-0.05, 0) is 23.4 Å². The molecule has 1 rings (SSSR count). The number of rotatable bonds is 4. The van der Waals surface area contributed by atoms with Crippen molar-refractivity contribution in [2.45, 2.75) is 0 Å². The molecule has 0 aromatic heterocycles. The van der Waals surface area contributed by atoms with Crippen LogP contribution in [0.15, 0.2) is 61.3 Å². The van der Waals surface area contributed by atoms with E-state index in [1.165, 1.54) is 5.56 Å². The Hall–Kier alpha value is -1.76. The smallest absolute Gasteiger partial charge is 0.00277 e. The molecule has 0 radical (unpaired) electrons. The average molecular weight is 185 g/mol. The Morgan fingerprint density at radius 3 is 2.57 bits per heavy atom. The monoisotopic (exact) mass is 185 g/mol. The molecular formula is C13H15N. The van der Waals surface area contributed by atoms with Crippen LogP contribution in [0.2, 0.25) is 0 Å². The normalized spacial score (nSPS) is 11.6. The van der Waals surface area contributed by atoms with E-state index in [2.05, 4.69) is 24.0 Å². The summed E-state index contributed by atoms with van der Waals surface area (Å²) >= 11 is 0. The average Bonchev–Trinajstić information content (AvgIpc) is 2.25. The van der Waals surface area contributed by atoms with Crippen LogP contribution in [-0.2, 0) is 0 Å². The van der Waals surface area contributed by atoms with Crippen molar-refractivity contribution in [2.75, 3.05) is 7.05 Å². The third-order valence-electron chi connectivity index (χ3n) is 1.83. The van der Waals surface area contributed by atoms with Crippen molar-refractivity contribution in [2.24, 2.45) is 0 Å². The Morgan fingerprint density at radius 1 is 1.29 bits per heavy atom. The standard InChI is InChI=1S/C13H15N/c1-3-7-12(10-11-14-2)13-8-5-4-6-9-13/h3-11,14H,1H2,2H3/b11-10-,12-7+. The minimum absolute atomic E-state index is 1.15. The minimum Gasteiger partial charge on any atom is -0.394 e. The van der Waals surface area contributed by atoms with Gasteiger partial charge in [-0.3, -0.25) is 0 Å². The van der Waals surface area contributed by atoms with E-state index in [0.29, 0.717) is 0 Å². The molecule has 1 aromatic rings. The van der Waals surface area contributed by atoms with Gasteiger partial charge in [0.1, 0.15) is 0 Å². The fraction of sp³-hybridized carbons (Fsp3) is 0.0769. The Labute approximate surface area is 85.5 Å². The molecule has 0 amide bonds. The maximum Gasteiger partial charge on any atom is 0.00277 e. The molecule has 0 saturated carbocycles. The summed E-state index contributed by atoms with van der Waals surface area (Å²) in [5.41, 5.74) is 2.34. The third-order valence-corrected chi connectivity index (χ3v) is 1.83. The molecule has 0 bridgehead atoms. The summed E-state index contributed by atoms with van der Waals surface area (Å²) in [6.07, 6.45) is 7.71. The van der Waals surface area contributed by atoms with E-state index in [1.54, 1.807) is 6.08 Å². The first-order chi connectivity index (χ1) is 6.88. The molecule has 0 atom stereocenters. The number of hydrogen-bond donors (Lipinski definition) is 1. The maximum absolute atomic E-state index is 3.70. The van der Waals surface area contributed by atoms with Crippen molar-refractivity contribution in [3.05, 3.63) is 66.9 Å². The molecule has 0 fully saturated rings. The summed E-state index contributed by atoms with van der Waals surface area (Å²) in [7, 11) is 1.88. The largest absolute Gasteiger partial charge is 0.394 e. The van der Waals surface area contributed by atoms with Gasteiger partial charge in [0.05, 0.1) is 0 Å². The zero-order valence-electron chi connectivity index (χ0n) is 8.40. The summed E-state index contributed by atoms with van der Waals surface area (Å²) < 4.78 is 0. The second-order valence-corrected chi connectivity index (χ2v) is 2.85. The van der Waals surface area contributed by atoms with Crippen molar-refractivity contribution in [1.82, 2.24) is 5.32 Å². The van der Waals surface area contributed by atoms with E-state index < -0.39 is 0 Å². The quantitative estimate of drug-likeness (QED) is 0.711. The second-order valence-electron chi connectivity index (χ2n) is 2.85. The lowest BCUT2D eigenvalue weighted by atomic mass is 10.1. The maximum atomic E-state index is 3.70. The lowest BCUT2D eigenvalue weighted by molar-refractivity contribution is 1.10. The van der Waals surface area contributed by atoms with E-state index in [4.69, 9.17) is 0 Å². The predicted molar refractivity (Wildman–Crippen MR) is 62.8 cm³/mol. The van der Waals surface area contributed by atoms with Gasteiger partial charge in [0, 0.05) is 7.05 Å². The highest BCUT2D eigenvalue weighted by atomic mass is 14.8. The highest BCUT2D eigenvalue weighted by molar-refractivity contribution is 5.74. The highest BCUT2D eigenvalue weighted by Crippen LogP contribution is 2.14. The predicted octanol–water partition coefficient (Wildman–Crippen LogP) is 2.99. The number of nitrogens with one attached hydrogen (secondary N) is 1. The summed E-state index contributed by atoms with van der Waals surface area (Å²) in [6, 6.07) is 10.2. The van der Waals surface area contributed by atoms with Gasteiger partial charge in [0.25, 0.3) is 0 Å². The Kier molecular flexibility index (Phi) is 4.29. The fourth-order valence-electron chi connectivity index (χ4n) is 1.18. The molecule has 0 aliphatic carbocycles. The molecule has 0 heterocycles. The molecule has 1 N–H and O–H groups in total. The number of benzene rings is 1. The van der Waals surface area contributed by atoms with Crippen LogP contribution in [0.25, 0.3) is 5.57 Å². The fourth-order valence-corrected chi connectivity index (χ4v) is 1.18. The highest BCUT2D eigenvalue weighted by Gasteiger charge is 1.93. The number of hydrogen-bond acceptors (Lipinski definition) is 1. The summed E-state index contributed by atoms with van der Waals surface area (Å²) in [6.45, 7) is 3.70. The Bertz CT molecular complexity index is 334. The molecule has 0 aliphatic rings. The Morgan fingerprint density at radius 2 is 2.00 bits per heavy atom. The molecular weight excluding hydrogens is 170 g/mol. The SMILES string of the molecule is C=C/C=C(\C=C/NC)c1ccccc1. The molecule has 0 spiro atoms. The van der Waals surface area contributed by atoms with Gasteiger partial charge in [-0.1, -0.05) is 49.1 Å². The summed E-state index contributed by atoms with van der Waals surface area (Å²) in [5.74, 6) is 0. The van der Waals surface area contributed by atoms with Crippen molar-refractivity contribution < 1.29 is 0 Å². The van der Waals surface area contributed by atoms with Gasteiger partial charge in [0.15, 0.2) is 0 Å². The zero-order chi connectivity index (χ0) is 10.2. The van der Waals surface area contributed by atoms with Gasteiger partial charge in [0.2, 0.25) is 0 Å². The first kappa shape index (κ1) is 10.3. The lowest BCUT2D eigenvalue weighted by Crippen LogP contribution is -1.91. The van der Waals surface area contributed by atoms with Gasteiger partial charge in [-0.15, -0.1) is 0 Å². The van der Waals surface area contributed by atoms with Crippen molar-refractivity contribution >= 4 is 5.57 Å². The third kappa shape index (κ3) is 2.94. The van der Waals surface area contributed by atoms with E-state index in [0.717, 1.165) is 5.57 Å². The first-order valence-electron chi connectivity index (χ1n) is 4.60. The number of allylic oxidation sites excluding steroid dienone is 4. The second kappa shape index (κ2) is 5.81. The van der Waals surface area contributed by atoms with Gasteiger partial charge in [-0.25, -0.2) is 0 Å². The van der Waals surface area contributed by atoms with Gasteiger partial charge < -0.3 is 5.32 Å². The van der Waals surface area contributed by atoms with Crippen LogP contribution in [0.5, 0.6) is 0 Å². The lowest BCUT2D eigenvalue weighted by Gasteiger charge is -2.00. The van der Waals surface area contributed by atoms with E-state index in [-0.39, 0.29) is 0 Å². The van der Waals surface area contributed by atoms with Crippen molar-refractivity contribution in [3.63, 3.8) is 0 Å². The van der Waals surface area contributed by atoms with Gasteiger partial charge in [-0.2, -0.15) is 0 Å². The van der Waals surface area contributed by atoms with Crippen LogP contribution in [0.4, 0.5) is 0 Å². The zero-order valence-corrected chi connectivity index (χ0v) is 8.40. The molecule has 1 aromatic carbocycles. The van der Waals surface area contributed by atoms with Crippen LogP contribution >= 0.6 is 0 Å². The topological polar surface area (TPSA) is 12.0 Å². The molecule has 72 valence electrons. The molecule has 0 saturated heterocycles. The van der Waals surface area contributed by atoms with Crippen LogP contribution < -0.4 is 5.32 Å². The van der Waals surface area contributed by atoms with Crippen molar-refractivity contribution in [1.29, 1.82) is 0 Å². The summed E-state index contributed by atoms with van der Waals surface area (Å²) in [4.78, 5) is 0. The first-order valence-corrected chi connectivity index (χ1v) is 4.60. The molecule has 1 nitrogen and oxygen atoms in total. The molecule has 14 heavy (non-hydrogen) atoms. The van der Waals surface area contributed by atoms with E-state index in [1.807, 2.05) is 43.6 Å². The van der Waals surface area contributed by atoms with Crippen molar-refractivity contribution in [3.8, 4) is 0 Å². The van der Waals surface area contributed by atoms with E-state index in [9.17, 15) is 0 Å². The molecule has 1 heteroatoms. The van der Waals surface area contributed by atoms with Crippen LogP contribution in [0.3, 0.4) is 0 Å². The van der Waals surface area contributed by atoms with Gasteiger partial charge >= 0.3 is 0 Å². The van der Waals surface area contributed by atoms with Crippen LogP contribution in [0, 0.1) is 0 Å². The molecule has 0 aliphatic heterocycles.